The molecule has 24 heavy (non-hydrogen) atoms. The van der Waals surface area contributed by atoms with Crippen LogP contribution in [0.4, 0.5) is 5.69 Å². The van der Waals surface area contributed by atoms with E-state index in [1.165, 1.54) is 0 Å². The molecule has 1 fully saturated rings. The Labute approximate surface area is 142 Å². The number of anilines is 1. The smallest absolute Gasteiger partial charge is 0.229 e. The van der Waals surface area contributed by atoms with Gasteiger partial charge in [0.15, 0.2) is 0 Å². The number of hydrogen-bond donors (Lipinski definition) is 1. The molecule has 1 saturated heterocycles. The summed E-state index contributed by atoms with van der Waals surface area (Å²) in [5.74, 6) is -0.350. The third-order valence-corrected chi connectivity index (χ3v) is 4.56. The number of nitrogens with one attached hydrogen (secondary N) is 1. The van der Waals surface area contributed by atoms with Gasteiger partial charge < -0.3 is 10.2 Å². The summed E-state index contributed by atoms with van der Waals surface area (Å²) in [6.45, 7) is 4.46. The SMILES string of the molecule is Cc1cccc(NC(=O)[C@H]2CC(=O)N([C@@H](C)c3ccccc3)C2)c1. The van der Waals surface area contributed by atoms with E-state index in [1.807, 2.05) is 68.4 Å². The fourth-order valence-corrected chi connectivity index (χ4v) is 3.16. The highest BCUT2D eigenvalue weighted by Gasteiger charge is 2.36. The Morgan fingerprint density at radius 3 is 2.62 bits per heavy atom. The average Bonchev–Trinajstić information content (AvgIpc) is 2.97. The zero-order valence-electron chi connectivity index (χ0n) is 14.0. The molecule has 4 heteroatoms. The summed E-state index contributed by atoms with van der Waals surface area (Å²) < 4.78 is 0. The molecule has 124 valence electrons. The lowest BCUT2D eigenvalue weighted by molar-refractivity contribution is -0.129. The van der Waals surface area contributed by atoms with Crippen molar-refractivity contribution in [2.75, 3.05) is 11.9 Å². The zero-order valence-corrected chi connectivity index (χ0v) is 14.0. The molecule has 2 atom stereocenters. The number of carbonyl (C=O) groups is 2. The molecular formula is C20H22N2O2. The highest BCUT2D eigenvalue weighted by atomic mass is 16.2. The molecule has 0 aliphatic carbocycles. The van der Waals surface area contributed by atoms with Gasteiger partial charge >= 0.3 is 0 Å². The van der Waals surface area contributed by atoms with Crippen LogP contribution in [0.25, 0.3) is 0 Å². The highest BCUT2D eigenvalue weighted by molar-refractivity contribution is 5.97. The normalized spacial score (nSPS) is 18.5. The molecule has 2 aromatic rings. The molecule has 1 N–H and O–H groups in total. The van der Waals surface area contributed by atoms with Crippen molar-refractivity contribution in [3.63, 3.8) is 0 Å². The topological polar surface area (TPSA) is 49.4 Å². The lowest BCUT2D eigenvalue weighted by Gasteiger charge is -2.25. The molecular weight excluding hydrogens is 300 g/mol. The Hall–Kier alpha value is -2.62. The van der Waals surface area contributed by atoms with Gasteiger partial charge in [-0.25, -0.2) is 0 Å². The molecule has 1 aliphatic rings. The Balaban J connectivity index is 1.67. The quantitative estimate of drug-likeness (QED) is 0.936. The summed E-state index contributed by atoms with van der Waals surface area (Å²) in [5, 5.41) is 2.93. The van der Waals surface area contributed by atoms with Gasteiger partial charge in [0.1, 0.15) is 0 Å². The molecule has 4 nitrogen and oxygen atoms in total. The molecule has 0 bridgehead atoms. The molecule has 3 rings (SSSR count). The number of carbonyl (C=O) groups excluding carboxylic acids is 2. The summed E-state index contributed by atoms with van der Waals surface area (Å²) >= 11 is 0. The largest absolute Gasteiger partial charge is 0.335 e. The number of benzene rings is 2. The van der Waals surface area contributed by atoms with Crippen molar-refractivity contribution >= 4 is 17.5 Å². The second-order valence-electron chi connectivity index (χ2n) is 6.39. The minimum atomic E-state index is -0.302. The Morgan fingerprint density at radius 2 is 1.92 bits per heavy atom. The van der Waals surface area contributed by atoms with E-state index in [-0.39, 0.29) is 30.2 Å². The monoisotopic (exact) mass is 322 g/mol. The number of likely N-dealkylation sites (tertiary alicyclic amines) is 1. The van der Waals surface area contributed by atoms with Gasteiger partial charge in [-0.2, -0.15) is 0 Å². The standard InChI is InChI=1S/C20H22N2O2/c1-14-7-6-10-18(11-14)21-20(24)17-12-19(23)22(13-17)15(2)16-8-4-3-5-9-16/h3-11,15,17H,12-13H2,1-2H3,(H,21,24)/t15-,17-/m0/s1. The van der Waals surface area contributed by atoms with E-state index in [4.69, 9.17) is 0 Å². The van der Waals surface area contributed by atoms with Gasteiger partial charge in [0.25, 0.3) is 0 Å². The summed E-state index contributed by atoms with van der Waals surface area (Å²) in [7, 11) is 0. The zero-order chi connectivity index (χ0) is 17.1. The molecule has 0 unspecified atom stereocenters. The average molecular weight is 322 g/mol. The van der Waals surface area contributed by atoms with E-state index in [1.54, 1.807) is 4.90 Å². The fraction of sp³-hybridized carbons (Fsp3) is 0.300. The maximum absolute atomic E-state index is 12.5. The lowest BCUT2D eigenvalue weighted by atomic mass is 10.1. The predicted octanol–water partition coefficient (Wildman–Crippen LogP) is 3.54. The van der Waals surface area contributed by atoms with Crippen molar-refractivity contribution in [3.05, 3.63) is 65.7 Å². The third kappa shape index (κ3) is 3.48. The van der Waals surface area contributed by atoms with E-state index in [0.717, 1.165) is 16.8 Å². The van der Waals surface area contributed by atoms with Gasteiger partial charge in [-0.15, -0.1) is 0 Å². The molecule has 0 aromatic heterocycles. The van der Waals surface area contributed by atoms with Crippen molar-refractivity contribution in [3.8, 4) is 0 Å². The molecule has 0 radical (unpaired) electrons. The highest BCUT2D eigenvalue weighted by Crippen LogP contribution is 2.29. The summed E-state index contributed by atoms with van der Waals surface area (Å²) in [6.07, 6.45) is 0.273. The fourth-order valence-electron chi connectivity index (χ4n) is 3.16. The van der Waals surface area contributed by atoms with Crippen molar-refractivity contribution < 1.29 is 9.59 Å². The van der Waals surface area contributed by atoms with Crippen LogP contribution < -0.4 is 5.32 Å². The van der Waals surface area contributed by atoms with Crippen LogP contribution in [0.15, 0.2) is 54.6 Å². The van der Waals surface area contributed by atoms with E-state index in [0.29, 0.717) is 6.54 Å². The first-order valence-corrected chi connectivity index (χ1v) is 8.26. The minimum absolute atomic E-state index is 0.0181. The van der Waals surface area contributed by atoms with Gasteiger partial charge in [0, 0.05) is 18.7 Å². The van der Waals surface area contributed by atoms with Crippen molar-refractivity contribution in [1.82, 2.24) is 4.90 Å². The third-order valence-electron chi connectivity index (χ3n) is 4.56. The first kappa shape index (κ1) is 16.2. The number of nitrogens with zero attached hydrogens (tertiary/aromatic N) is 1. The Kier molecular flexibility index (Phi) is 4.65. The molecule has 1 aliphatic heterocycles. The van der Waals surface area contributed by atoms with Crippen LogP contribution in [0.2, 0.25) is 0 Å². The summed E-state index contributed by atoms with van der Waals surface area (Å²) in [5.41, 5.74) is 2.96. The van der Waals surface area contributed by atoms with Crippen molar-refractivity contribution in [1.29, 1.82) is 0 Å². The van der Waals surface area contributed by atoms with E-state index in [2.05, 4.69) is 5.32 Å². The van der Waals surface area contributed by atoms with Gasteiger partial charge in [0.05, 0.1) is 12.0 Å². The maximum Gasteiger partial charge on any atom is 0.229 e. The van der Waals surface area contributed by atoms with Crippen LogP contribution in [0.5, 0.6) is 0 Å². The van der Waals surface area contributed by atoms with E-state index >= 15 is 0 Å². The van der Waals surface area contributed by atoms with Gasteiger partial charge in [-0.05, 0) is 37.1 Å². The molecule has 0 saturated carbocycles. The van der Waals surface area contributed by atoms with Gasteiger partial charge in [-0.1, -0.05) is 42.5 Å². The number of hydrogen-bond acceptors (Lipinski definition) is 2. The second kappa shape index (κ2) is 6.87. The molecule has 1 heterocycles. The Bertz CT molecular complexity index is 742. The molecule has 2 aromatic carbocycles. The number of aryl methyl sites for hydroxylation is 1. The van der Waals surface area contributed by atoms with Crippen molar-refractivity contribution in [2.24, 2.45) is 5.92 Å². The van der Waals surface area contributed by atoms with E-state index in [9.17, 15) is 9.59 Å². The second-order valence-corrected chi connectivity index (χ2v) is 6.39. The first-order valence-electron chi connectivity index (χ1n) is 8.26. The maximum atomic E-state index is 12.5. The van der Waals surface area contributed by atoms with E-state index < -0.39 is 0 Å². The Morgan fingerprint density at radius 1 is 1.17 bits per heavy atom. The van der Waals surface area contributed by atoms with Crippen LogP contribution in [-0.4, -0.2) is 23.3 Å². The first-order chi connectivity index (χ1) is 11.5. The lowest BCUT2D eigenvalue weighted by Crippen LogP contribution is -2.30. The van der Waals surface area contributed by atoms with Crippen LogP contribution >= 0.6 is 0 Å². The summed E-state index contributed by atoms with van der Waals surface area (Å²) in [4.78, 5) is 26.6. The minimum Gasteiger partial charge on any atom is -0.335 e. The summed E-state index contributed by atoms with van der Waals surface area (Å²) in [6, 6.07) is 17.6. The van der Waals surface area contributed by atoms with Crippen LogP contribution in [0.1, 0.15) is 30.5 Å². The van der Waals surface area contributed by atoms with Crippen LogP contribution in [0, 0.1) is 12.8 Å². The van der Waals surface area contributed by atoms with Crippen LogP contribution in [0.3, 0.4) is 0 Å². The number of amides is 2. The molecule has 2 amide bonds. The molecule has 0 spiro atoms. The van der Waals surface area contributed by atoms with Crippen LogP contribution in [-0.2, 0) is 9.59 Å². The number of rotatable bonds is 4. The van der Waals surface area contributed by atoms with Crippen molar-refractivity contribution in [2.45, 2.75) is 26.3 Å². The van der Waals surface area contributed by atoms with Gasteiger partial charge in [-0.3, -0.25) is 9.59 Å². The predicted molar refractivity (Wildman–Crippen MR) is 94.5 cm³/mol. The van der Waals surface area contributed by atoms with Gasteiger partial charge in [0.2, 0.25) is 11.8 Å².